The summed E-state index contributed by atoms with van der Waals surface area (Å²) >= 11 is 0. The number of carbonyl (C=O) groups excluding carboxylic acids is 3. The van der Waals surface area contributed by atoms with Gasteiger partial charge in [0.1, 0.15) is 6.04 Å². The van der Waals surface area contributed by atoms with Gasteiger partial charge in [-0.05, 0) is 67.3 Å². The number of nitrogens with two attached hydrogens (primary N) is 1. The lowest BCUT2D eigenvalue weighted by molar-refractivity contribution is -0.138. The molecule has 1 aliphatic heterocycles. The summed E-state index contributed by atoms with van der Waals surface area (Å²) in [5, 5.41) is 6.84. The second-order valence-corrected chi connectivity index (χ2v) is 10.6. The third-order valence-electron chi connectivity index (χ3n) is 7.11. The van der Waals surface area contributed by atoms with Gasteiger partial charge >= 0.3 is 0 Å². The number of benzene rings is 3. The van der Waals surface area contributed by atoms with Gasteiger partial charge in [0.2, 0.25) is 11.8 Å². The first-order valence-electron chi connectivity index (χ1n) is 13.1. The van der Waals surface area contributed by atoms with Gasteiger partial charge < -0.3 is 26.3 Å². The molecule has 200 valence electrons. The van der Waals surface area contributed by atoms with Crippen molar-refractivity contribution in [2.24, 2.45) is 5.73 Å². The van der Waals surface area contributed by atoms with Crippen molar-refractivity contribution in [1.29, 1.82) is 0 Å². The predicted octanol–water partition coefficient (Wildman–Crippen LogP) is 3.77. The smallest absolute Gasteiger partial charge is 0.255 e. The molecule has 0 bridgehead atoms. The molecular formula is C31H33N5O3. The highest BCUT2D eigenvalue weighted by Gasteiger charge is 2.32. The summed E-state index contributed by atoms with van der Waals surface area (Å²) in [4.78, 5) is 44.4. The molecule has 0 saturated carbocycles. The second kappa shape index (κ2) is 10.7. The first kappa shape index (κ1) is 26.2. The van der Waals surface area contributed by atoms with Crippen molar-refractivity contribution in [3.8, 4) is 0 Å². The highest BCUT2D eigenvalue weighted by atomic mass is 16.2. The van der Waals surface area contributed by atoms with Crippen molar-refractivity contribution >= 4 is 34.3 Å². The molecule has 0 aliphatic carbocycles. The van der Waals surface area contributed by atoms with Gasteiger partial charge in [-0.15, -0.1) is 0 Å². The average Bonchev–Trinajstić information content (AvgIpc) is 3.34. The minimum atomic E-state index is -1.12. The fourth-order valence-corrected chi connectivity index (χ4v) is 4.89. The summed E-state index contributed by atoms with van der Waals surface area (Å²) < 4.78 is 0. The molecule has 5 rings (SSSR count). The van der Waals surface area contributed by atoms with Crippen LogP contribution in [0.15, 0.2) is 79.0 Å². The summed E-state index contributed by atoms with van der Waals surface area (Å²) in [6, 6.07) is 22.0. The van der Waals surface area contributed by atoms with Crippen molar-refractivity contribution in [2.75, 3.05) is 11.9 Å². The number of rotatable bonds is 7. The lowest BCUT2D eigenvalue weighted by Crippen LogP contribution is -2.57. The summed E-state index contributed by atoms with van der Waals surface area (Å²) in [6.45, 7) is 4.14. The van der Waals surface area contributed by atoms with E-state index >= 15 is 0 Å². The molecule has 0 radical (unpaired) electrons. The van der Waals surface area contributed by atoms with Gasteiger partial charge in [0.15, 0.2) is 0 Å². The average molecular weight is 524 g/mol. The van der Waals surface area contributed by atoms with Crippen molar-refractivity contribution in [1.82, 2.24) is 15.2 Å². The number of amides is 3. The van der Waals surface area contributed by atoms with Crippen LogP contribution in [-0.4, -0.2) is 45.7 Å². The number of aromatic nitrogens is 1. The number of nitrogens with one attached hydrogen (secondary N) is 3. The quantitative estimate of drug-likeness (QED) is 0.295. The van der Waals surface area contributed by atoms with Gasteiger partial charge in [-0.25, -0.2) is 0 Å². The first-order chi connectivity index (χ1) is 18.7. The zero-order valence-corrected chi connectivity index (χ0v) is 22.2. The third kappa shape index (κ3) is 5.86. The van der Waals surface area contributed by atoms with Crippen LogP contribution in [0.5, 0.6) is 0 Å². The maximum Gasteiger partial charge on any atom is 0.255 e. The van der Waals surface area contributed by atoms with Gasteiger partial charge in [-0.2, -0.15) is 0 Å². The van der Waals surface area contributed by atoms with Crippen LogP contribution in [0.25, 0.3) is 10.9 Å². The Hall–Kier alpha value is -4.43. The molecule has 8 heteroatoms. The minimum absolute atomic E-state index is 0.158. The van der Waals surface area contributed by atoms with Crippen molar-refractivity contribution < 1.29 is 14.4 Å². The number of para-hydroxylation sites is 2. The Labute approximate surface area is 227 Å². The van der Waals surface area contributed by atoms with Crippen LogP contribution in [0.2, 0.25) is 0 Å². The molecular weight excluding hydrogens is 490 g/mol. The SMILES string of the molecule is CC(C)(N)C(=O)NC(Cc1c[nH]c2ccccc12)C(=O)N1CCc2cc(C(=O)Nc3ccccc3)ccc2C1. The van der Waals surface area contributed by atoms with Crippen LogP contribution in [0.4, 0.5) is 5.69 Å². The number of hydrogen-bond acceptors (Lipinski definition) is 4. The summed E-state index contributed by atoms with van der Waals surface area (Å²) in [7, 11) is 0. The highest BCUT2D eigenvalue weighted by molar-refractivity contribution is 6.04. The summed E-state index contributed by atoms with van der Waals surface area (Å²) in [5.74, 6) is -0.713. The van der Waals surface area contributed by atoms with Crippen molar-refractivity contribution in [2.45, 2.75) is 44.8 Å². The molecule has 0 spiro atoms. The van der Waals surface area contributed by atoms with Gasteiger partial charge in [-0.1, -0.05) is 42.5 Å². The van der Waals surface area contributed by atoms with E-state index in [1.54, 1.807) is 24.8 Å². The molecule has 3 aromatic carbocycles. The number of carbonyl (C=O) groups is 3. The summed E-state index contributed by atoms with van der Waals surface area (Å²) in [5.41, 5.74) is 10.2. The third-order valence-corrected chi connectivity index (χ3v) is 7.11. The van der Waals surface area contributed by atoms with E-state index in [2.05, 4.69) is 15.6 Å². The molecule has 5 N–H and O–H groups in total. The zero-order valence-electron chi connectivity index (χ0n) is 22.2. The molecule has 0 saturated heterocycles. The monoisotopic (exact) mass is 523 g/mol. The van der Waals surface area contributed by atoms with E-state index in [1.165, 1.54) is 0 Å². The van der Waals surface area contributed by atoms with E-state index in [4.69, 9.17) is 5.73 Å². The topological polar surface area (TPSA) is 120 Å². The largest absolute Gasteiger partial charge is 0.361 e. The maximum atomic E-state index is 13.8. The van der Waals surface area contributed by atoms with Crippen LogP contribution in [-0.2, 0) is 29.0 Å². The summed E-state index contributed by atoms with van der Waals surface area (Å²) in [6.07, 6.45) is 2.84. The van der Waals surface area contributed by atoms with Crippen LogP contribution in [0.1, 0.15) is 40.9 Å². The van der Waals surface area contributed by atoms with Gasteiger partial charge in [0.25, 0.3) is 5.91 Å². The zero-order chi connectivity index (χ0) is 27.6. The molecule has 3 amide bonds. The number of aromatic amines is 1. The van der Waals surface area contributed by atoms with E-state index in [1.807, 2.05) is 72.9 Å². The van der Waals surface area contributed by atoms with Crippen LogP contribution in [0, 0.1) is 0 Å². The normalized spacial score (nSPS) is 14.0. The first-order valence-corrected chi connectivity index (χ1v) is 13.1. The minimum Gasteiger partial charge on any atom is -0.361 e. The van der Waals surface area contributed by atoms with E-state index in [-0.39, 0.29) is 17.7 Å². The Morgan fingerprint density at radius 3 is 2.51 bits per heavy atom. The molecule has 4 aromatic rings. The second-order valence-electron chi connectivity index (χ2n) is 10.6. The predicted molar refractivity (Wildman–Crippen MR) is 152 cm³/mol. The number of H-pyrrole nitrogens is 1. The Bertz CT molecular complexity index is 1520. The van der Waals surface area contributed by atoms with E-state index in [0.29, 0.717) is 31.5 Å². The molecule has 8 nitrogen and oxygen atoms in total. The molecule has 1 atom stereocenters. The Kier molecular flexibility index (Phi) is 7.21. The molecule has 1 aromatic heterocycles. The number of fused-ring (bicyclic) bond motifs is 2. The standard InChI is InChI=1S/C31H33N5O3/c1-31(2,32)30(39)35-27(17-23-18-33-26-11-7-6-10-25(23)26)29(38)36-15-14-20-16-21(12-13-22(20)19-36)28(37)34-24-8-4-3-5-9-24/h3-13,16,18,27,33H,14-15,17,19,32H2,1-2H3,(H,34,37)(H,35,39). The Morgan fingerprint density at radius 2 is 1.74 bits per heavy atom. The number of nitrogens with zero attached hydrogens (tertiary/aromatic N) is 1. The molecule has 1 unspecified atom stereocenters. The molecule has 0 fully saturated rings. The fourth-order valence-electron chi connectivity index (χ4n) is 4.89. The van der Waals surface area contributed by atoms with Gasteiger partial charge in [0, 0.05) is 47.9 Å². The van der Waals surface area contributed by atoms with Gasteiger partial charge in [0.05, 0.1) is 5.54 Å². The van der Waals surface area contributed by atoms with Crippen molar-refractivity contribution in [3.05, 3.63) is 101 Å². The fraction of sp³-hybridized carbons (Fsp3) is 0.258. The number of hydrogen-bond donors (Lipinski definition) is 4. The lowest BCUT2D eigenvalue weighted by atomic mass is 9.95. The van der Waals surface area contributed by atoms with Crippen molar-refractivity contribution in [3.63, 3.8) is 0 Å². The Balaban J connectivity index is 1.33. The molecule has 39 heavy (non-hydrogen) atoms. The maximum absolute atomic E-state index is 13.8. The van der Waals surface area contributed by atoms with Gasteiger partial charge in [-0.3, -0.25) is 14.4 Å². The lowest BCUT2D eigenvalue weighted by Gasteiger charge is -2.33. The van der Waals surface area contributed by atoms with Crippen LogP contribution in [0.3, 0.4) is 0 Å². The van der Waals surface area contributed by atoms with E-state index < -0.39 is 11.6 Å². The highest BCUT2D eigenvalue weighted by Crippen LogP contribution is 2.24. The molecule has 1 aliphatic rings. The molecule has 2 heterocycles. The van der Waals surface area contributed by atoms with Crippen LogP contribution < -0.4 is 16.4 Å². The van der Waals surface area contributed by atoms with E-state index in [0.717, 1.165) is 33.3 Å². The number of anilines is 1. The van der Waals surface area contributed by atoms with E-state index in [9.17, 15) is 14.4 Å². The Morgan fingerprint density at radius 1 is 1.00 bits per heavy atom. The van der Waals surface area contributed by atoms with Crippen LogP contribution >= 0.6 is 0 Å².